The highest BCUT2D eigenvalue weighted by molar-refractivity contribution is 5.44. The summed E-state index contributed by atoms with van der Waals surface area (Å²) in [5.41, 5.74) is 2.51. The summed E-state index contributed by atoms with van der Waals surface area (Å²) in [6.45, 7) is 3.97. The van der Waals surface area contributed by atoms with Crippen LogP contribution in [0, 0.1) is 0 Å². The minimum absolute atomic E-state index is 0.0766. The Bertz CT molecular complexity index is 307. The molecule has 0 amide bonds. The fraction of sp³-hybridized carbons (Fsp3) is 0.500. The minimum Gasteiger partial charge on any atom is -0.496 e. The van der Waals surface area contributed by atoms with Gasteiger partial charge in [-0.05, 0) is 23.1 Å². The van der Waals surface area contributed by atoms with E-state index in [1.807, 2.05) is 12.1 Å². The van der Waals surface area contributed by atoms with Gasteiger partial charge in [0.05, 0.1) is 20.3 Å². The average Bonchev–Trinajstić information content (AvgIpc) is 2.26. The first kappa shape index (κ1) is 12.0. The summed E-state index contributed by atoms with van der Waals surface area (Å²) in [5.74, 6) is 1.02. The van der Waals surface area contributed by atoms with Crippen molar-refractivity contribution in [3.05, 3.63) is 28.8 Å². The molecule has 15 heavy (non-hydrogen) atoms. The van der Waals surface area contributed by atoms with Crippen LogP contribution in [0.5, 0.6) is 5.75 Å². The van der Waals surface area contributed by atoms with Gasteiger partial charge in [-0.2, -0.15) is 0 Å². The topological polar surface area (TPSA) is 49.7 Å². The first-order valence-corrected chi connectivity index (χ1v) is 5.05. The molecule has 0 spiro atoms. The third kappa shape index (κ3) is 2.49. The van der Waals surface area contributed by atoms with Gasteiger partial charge in [0.25, 0.3) is 0 Å². The second-order valence-electron chi connectivity index (χ2n) is 3.83. The Morgan fingerprint density at radius 2 is 1.87 bits per heavy atom. The van der Waals surface area contributed by atoms with Gasteiger partial charge in [0, 0.05) is 5.56 Å². The van der Waals surface area contributed by atoms with E-state index in [1.165, 1.54) is 0 Å². The van der Waals surface area contributed by atoms with Gasteiger partial charge in [0.2, 0.25) is 0 Å². The van der Waals surface area contributed by atoms with Crippen molar-refractivity contribution >= 4 is 0 Å². The molecule has 2 N–H and O–H groups in total. The van der Waals surface area contributed by atoms with Crippen molar-refractivity contribution in [1.29, 1.82) is 0 Å². The smallest absolute Gasteiger partial charge is 0.125 e. The molecule has 84 valence electrons. The van der Waals surface area contributed by atoms with Crippen molar-refractivity contribution in [2.75, 3.05) is 7.11 Å². The maximum atomic E-state index is 9.21. The third-order valence-corrected chi connectivity index (χ3v) is 2.54. The largest absolute Gasteiger partial charge is 0.496 e. The van der Waals surface area contributed by atoms with Crippen molar-refractivity contribution in [3.8, 4) is 5.75 Å². The van der Waals surface area contributed by atoms with Gasteiger partial charge < -0.3 is 14.9 Å². The summed E-state index contributed by atoms with van der Waals surface area (Å²) in [6.07, 6.45) is 0. The normalized spacial score (nSPS) is 10.8. The van der Waals surface area contributed by atoms with E-state index >= 15 is 0 Å². The van der Waals surface area contributed by atoms with E-state index in [2.05, 4.69) is 13.8 Å². The molecule has 0 aliphatic heterocycles. The average molecular weight is 210 g/mol. The maximum absolute atomic E-state index is 9.21. The van der Waals surface area contributed by atoms with E-state index in [4.69, 9.17) is 4.74 Å². The zero-order valence-electron chi connectivity index (χ0n) is 9.45. The summed E-state index contributed by atoms with van der Waals surface area (Å²) in [4.78, 5) is 0. The maximum Gasteiger partial charge on any atom is 0.125 e. The highest BCUT2D eigenvalue weighted by atomic mass is 16.5. The molecule has 0 fully saturated rings. The Hall–Kier alpha value is -1.06. The van der Waals surface area contributed by atoms with Gasteiger partial charge in [0.15, 0.2) is 0 Å². The lowest BCUT2D eigenvalue weighted by molar-refractivity contribution is 0.253. The molecule has 0 bridgehead atoms. The molecular formula is C12H18O3. The van der Waals surface area contributed by atoms with Crippen LogP contribution in [0.2, 0.25) is 0 Å². The molecule has 0 radical (unpaired) electrons. The highest BCUT2D eigenvalue weighted by Crippen LogP contribution is 2.28. The van der Waals surface area contributed by atoms with Gasteiger partial charge >= 0.3 is 0 Å². The lowest BCUT2D eigenvalue weighted by Gasteiger charge is -2.15. The summed E-state index contributed by atoms with van der Waals surface area (Å²) >= 11 is 0. The van der Waals surface area contributed by atoms with Crippen LogP contribution < -0.4 is 4.74 Å². The standard InChI is InChI=1S/C12H18O3/c1-8(2)9-4-10(6-13)11(7-14)12(5-9)15-3/h4-5,8,13-14H,6-7H2,1-3H3. The zero-order chi connectivity index (χ0) is 11.4. The number of methoxy groups -OCH3 is 1. The third-order valence-electron chi connectivity index (χ3n) is 2.54. The fourth-order valence-electron chi connectivity index (χ4n) is 1.56. The van der Waals surface area contributed by atoms with Crippen LogP contribution >= 0.6 is 0 Å². The molecular weight excluding hydrogens is 192 g/mol. The molecule has 1 aromatic carbocycles. The van der Waals surface area contributed by atoms with E-state index < -0.39 is 0 Å². The summed E-state index contributed by atoms with van der Waals surface area (Å²) in [7, 11) is 1.57. The monoisotopic (exact) mass is 210 g/mol. The Labute approximate surface area is 90.3 Å². The molecule has 0 atom stereocenters. The first-order valence-electron chi connectivity index (χ1n) is 5.05. The van der Waals surface area contributed by atoms with Crippen LogP contribution in [-0.2, 0) is 13.2 Å². The molecule has 0 saturated carbocycles. The molecule has 0 heterocycles. The van der Waals surface area contributed by atoms with Gasteiger partial charge in [-0.15, -0.1) is 0 Å². The van der Waals surface area contributed by atoms with Crippen LogP contribution in [0.3, 0.4) is 0 Å². The van der Waals surface area contributed by atoms with Crippen LogP contribution in [0.4, 0.5) is 0 Å². The summed E-state index contributed by atoms with van der Waals surface area (Å²) < 4.78 is 5.20. The lowest BCUT2D eigenvalue weighted by atomic mass is 9.97. The molecule has 0 saturated heterocycles. The Morgan fingerprint density at radius 1 is 1.20 bits per heavy atom. The predicted octanol–water partition coefficient (Wildman–Crippen LogP) is 1.80. The second kappa shape index (κ2) is 5.14. The molecule has 0 aliphatic rings. The van der Waals surface area contributed by atoms with Gasteiger partial charge in [-0.3, -0.25) is 0 Å². The number of hydrogen-bond acceptors (Lipinski definition) is 3. The van der Waals surface area contributed by atoms with Gasteiger partial charge in [-0.1, -0.05) is 19.9 Å². The molecule has 3 nitrogen and oxygen atoms in total. The zero-order valence-corrected chi connectivity index (χ0v) is 9.45. The Morgan fingerprint density at radius 3 is 2.27 bits per heavy atom. The quantitative estimate of drug-likeness (QED) is 0.796. The first-order chi connectivity index (χ1) is 7.13. The lowest BCUT2D eigenvalue weighted by Crippen LogP contribution is -2.01. The minimum atomic E-state index is -0.114. The van der Waals surface area contributed by atoms with E-state index in [-0.39, 0.29) is 13.2 Å². The second-order valence-corrected chi connectivity index (χ2v) is 3.83. The van der Waals surface area contributed by atoms with E-state index in [0.717, 1.165) is 11.1 Å². The van der Waals surface area contributed by atoms with E-state index in [1.54, 1.807) is 7.11 Å². The van der Waals surface area contributed by atoms with Gasteiger partial charge in [0.1, 0.15) is 5.75 Å². The Balaban J connectivity index is 3.29. The highest BCUT2D eigenvalue weighted by Gasteiger charge is 2.11. The van der Waals surface area contributed by atoms with Crippen molar-refractivity contribution in [2.24, 2.45) is 0 Å². The van der Waals surface area contributed by atoms with Crippen molar-refractivity contribution in [1.82, 2.24) is 0 Å². The van der Waals surface area contributed by atoms with Crippen LogP contribution in [0.1, 0.15) is 36.5 Å². The van der Waals surface area contributed by atoms with Crippen LogP contribution in [-0.4, -0.2) is 17.3 Å². The molecule has 0 aromatic heterocycles. The van der Waals surface area contributed by atoms with Crippen molar-refractivity contribution < 1.29 is 14.9 Å². The van der Waals surface area contributed by atoms with E-state index in [9.17, 15) is 10.2 Å². The molecule has 1 aromatic rings. The molecule has 0 unspecified atom stereocenters. The van der Waals surface area contributed by atoms with Gasteiger partial charge in [-0.25, -0.2) is 0 Å². The SMILES string of the molecule is COc1cc(C(C)C)cc(CO)c1CO. The molecule has 3 heteroatoms. The number of aliphatic hydroxyl groups is 2. The summed E-state index contributed by atoms with van der Waals surface area (Å²) in [5, 5.41) is 18.4. The summed E-state index contributed by atoms with van der Waals surface area (Å²) in [6, 6.07) is 3.83. The van der Waals surface area contributed by atoms with E-state index in [0.29, 0.717) is 17.2 Å². The predicted molar refractivity (Wildman–Crippen MR) is 58.9 cm³/mol. The number of aliphatic hydroxyl groups excluding tert-OH is 2. The van der Waals surface area contributed by atoms with Crippen molar-refractivity contribution in [2.45, 2.75) is 33.0 Å². The molecule has 1 rings (SSSR count). The number of rotatable bonds is 4. The number of hydrogen-bond donors (Lipinski definition) is 2. The Kier molecular flexibility index (Phi) is 4.12. The van der Waals surface area contributed by atoms with Crippen LogP contribution in [0.15, 0.2) is 12.1 Å². The molecule has 0 aliphatic carbocycles. The van der Waals surface area contributed by atoms with Crippen molar-refractivity contribution in [3.63, 3.8) is 0 Å². The van der Waals surface area contributed by atoms with Crippen LogP contribution in [0.25, 0.3) is 0 Å². The fourth-order valence-corrected chi connectivity index (χ4v) is 1.56. The number of benzene rings is 1. The number of ether oxygens (including phenoxy) is 1.